The molecule has 1 N–H and O–H groups in total. The van der Waals surface area contributed by atoms with Crippen LogP contribution in [0.5, 0.6) is 0 Å². The lowest BCUT2D eigenvalue weighted by molar-refractivity contribution is -0.113. The predicted molar refractivity (Wildman–Crippen MR) is 106 cm³/mol. The van der Waals surface area contributed by atoms with Crippen LogP contribution in [0.3, 0.4) is 0 Å². The molecule has 3 aromatic heterocycles. The van der Waals surface area contributed by atoms with Crippen LogP contribution in [0.4, 0.5) is 5.13 Å². The van der Waals surface area contributed by atoms with E-state index < -0.39 is 0 Å². The Bertz CT molecular complexity index is 1080. The van der Waals surface area contributed by atoms with Gasteiger partial charge in [-0.1, -0.05) is 41.3 Å². The van der Waals surface area contributed by atoms with E-state index in [2.05, 4.69) is 43.2 Å². The Morgan fingerprint density at radius 2 is 2.08 bits per heavy atom. The molecule has 1 amide bonds. The number of amides is 1. The summed E-state index contributed by atoms with van der Waals surface area (Å²) in [6.07, 6.45) is 0. The lowest BCUT2D eigenvalue weighted by Gasteiger charge is -2.03. The number of thioether (sulfide) groups is 1. The Morgan fingerprint density at radius 3 is 2.88 bits per heavy atom. The molecule has 0 bridgehead atoms. The molecule has 132 valence electrons. The zero-order chi connectivity index (χ0) is 18.1. The second-order valence-electron chi connectivity index (χ2n) is 5.47. The smallest absolute Gasteiger partial charge is 0.236 e. The predicted octanol–water partition coefficient (Wildman–Crippen LogP) is 3.59. The van der Waals surface area contributed by atoms with Crippen LogP contribution < -0.4 is 5.32 Å². The summed E-state index contributed by atoms with van der Waals surface area (Å²) in [5.74, 6) is 0.886. The van der Waals surface area contributed by atoms with E-state index in [9.17, 15) is 4.79 Å². The number of hydrogen-bond acceptors (Lipinski definition) is 8. The zero-order valence-corrected chi connectivity index (χ0v) is 16.4. The van der Waals surface area contributed by atoms with Crippen molar-refractivity contribution in [1.82, 2.24) is 25.0 Å². The van der Waals surface area contributed by atoms with E-state index in [1.165, 1.54) is 27.8 Å². The molecule has 3 heterocycles. The molecule has 0 unspecified atom stereocenters. The van der Waals surface area contributed by atoms with Crippen molar-refractivity contribution in [3.8, 4) is 11.4 Å². The summed E-state index contributed by atoms with van der Waals surface area (Å²) in [5, 5.41) is 24.3. The number of nitrogens with zero attached hydrogens (tertiary/aromatic N) is 5. The monoisotopic (exact) mass is 402 g/mol. The van der Waals surface area contributed by atoms with Gasteiger partial charge < -0.3 is 4.57 Å². The van der Waals surface area contributed by atoms with Gasteiger partial charge in [-0.2, -0.15) is 0 Å². The van der Waals surface area contributed by atoms with E-state index in [-0.39, 0.29) is 11.7 Å². The number of aromatic nitrogens is 5. The summed E-state index contributed by atoms with van der Waals surface area (Å²) >= 11 is 4.38. The fourth-order valence-corrected chi connectivity index (χ4v) is 4.72. The van der Waals surface area contributed by atoms with Crippen molar-refractivity contribution in [3.05, 3.63) is 34.7 Å². The number of nitrogens with one attached hydrogen (secondary N) is 1. The third-order valence-electron chi connectivity index (χ3n) is 3.66. The second kappa shape index (κ2) is 7.14. The molecule has 26 heavy (non-hydrogen) atoms. The molecule has 0 fully saturated rings. The van der Waals surface area contributed by atoms with Gasteiger partial charge in [0.1, 0.15) is 5.01 Å². The van der Waals surface area contributed by atoms with Gasteiger partial charge in [-0.3, -0.25) is 10.1 Å². The normalized spacial score (nSPS) is 11.2. The van der Waals surface area contributed by atoms with Crippen LogP contribution in [0.1, 0.15) is 5.01 Å². The quantitative estimate of drug-likeness (QED) is 0.514. The molecule has 0 radical (unpaired) electrons. The molecule has 0 atom stereocenters. The first-order chi connectivity index (χ1) is 12.6. The lowest BCUT2D eigenvalue weighted by atomic mass is 10.2. The molecule has 1 aromatic carbocycles. The van der Waals surface area contributed by atoms with Crippen molar-refractivity contribution in [2.45, 2.75) is 12.1 Å². The fourth-order valence-electron chi connectivity index (χ4n) is 2.46. The maximum atomic E-state index is 12.1. The molecular weight excluding hydrogens is 388 g/mol. The minimum atomic E-state index is -0.142. The van der Waals surface area contributed by atoms with E-state index in [1.807, 2.05) is 30.7 Å². The topological polar surface area (TPSA) is 85.6 Å². The van der Waals surface area contributed by atoms with E-state index >= 15 is 0 Å². The Kier molecular flexibility index (Phi) is 4.70. The van der Waals surface area contributed by atoms with Gasteiger partial charge in [0.15, 0.2) is 11.0 Å². The van der Waals surface area contributed by atoms with Crippen LogP contribution in [0.25, 0.3) is 21.5 Å². The van der Waals surface area contributed by atoms with Gasteiger partial charge in [0.05, 0.1) is 5.75 Å². The molecule has 4 aromatic rings. The average Bonchev–Trinajstić information content (AvgIpc) is 3.32. The fraction of sp³-hybridized carbons (Fsp3) is 0.188. The molecule has 0 spiro atoms. The molecule has 0 aliphatic carbocycles. The van der Waals surface area contributed by atoms with Gasteiger partial charge in [0.2, 0.25) is 11.0 Å². The number of thiophene rings is 1. The molecule has 4 rings (SSSR count). The minimum absolute atomic E-state index is 0.142. The van der Waals surface area contributed by atoms with Gasteiger partial charge in [0.25, 0.3) is 0 Å². The van der Waals surface area contributed by atoms with Gasteiger partial charge in [-0.25, -0.2) is 0 Å². The van der Waals surface area contributed by atoms with Gasteiger partial charge in [-0.05, 0) is 13.0 Å². The van der Waals surface area contributed by atoms with Crippen LogP contribution in [-0.2, 0) is 11.8 Å². The SMILES string of the molecule is Cc1nnc(NC(=O)CSc2nnc(-c3csc4ccccc34)n2C)s1. The highest BCUT2D eigenvalue weighted by Gasteiger charge is 2.16. The molecule has 0 aliphatic rings. The van der Waals surface area contributed by atoms with E-state index in [1.54, 1.807) is 11.3 Å². The molecule has 7 nitrogen and oxygen atoms in total. The van der Waals surface area contributed by atoms with Crippen LogP contribution in [-0.4, -0.2) is 36.6 Å². The Hall–Kier alpha value is -2.30. The molecule has 0 saturated heterocycles. The lowest BCUT2D eigenvalue weighted by Crippen LogP contribution is -2.14. The van der Waals surface area contributed by atoms with Crippen LogP contribution in [0.2, 0.25) is 0 Å². The van der Waals surface area contributed by atoms with E-state index in [0.29, 0.717) is 10.3 Å². The number of aryl methyl sites for hydroxylation is 1. The number of anilines is 1. The molecule has 0 aliphatic heterocycles. The first kappa shape index (κ1) is 17.1. The number of carbonyl (C=O) groups is 1. The van der Waals surface area contributed by atoms with E-state index in [4.69, 9.17) is 0 Å². The maximum Gasteiger partial charge on any atom is 0.236 e. The minimum Gasteiger partial charge on any atom is -0.305 e. The summed E-state index contributed by atoms with van der Waals surface area (Å²) in [6.45, 7) is 1.84. The van der Waals surface area contributed by atoms with Crippen molar-refractivity contribution in [2.75, 3.05) is 11.1 Å². The third kappa shape index (κ3) is 3.35. The highest BCUT2D eigenvalue weighted by atomic mass is 32.2. The average molecular weight is 403 g/mol. The van der Waals surface area contributed by atoms with Crippen LogP contribution in [0, 0.1) is 6.92 Å². The van der Waals surface area contributed by atoms with Crippen molar-refractivity contribution in [1.29, 1.82) is 0 Å². The molecular formula is C16H14N6OS3. The van der Waals surface area contributed by atoms with Crippen LogP contribution in [0.15, 0.2) is 34.8 Å². The standard InChI is InChI=1S/C16H14N6OS3/c1-9-18-20-15(26-9)17-13(23)8-25-16-21-19-14(22(16)2)11-7-24-12-6-4-3-5-10(11)12/h3-7H,8H2,1-2H3,(H,17,20,23). The summed E-state index contributed by atoms with van der Waals surface area (Å²) in [4.78, 5) is 12.1. The number of rotatable bonds is 5. The summed E-state index contributed by atoms with van der Waals surface area (Å²) < 4.78 is 3.13. The van der Waals surface area contributed by atoms with Crippen molar-refractivity contribution in [3.63, 3.8) is 0 Å². The first-order valence-electron chi connectivity index (χ1n) is 7.70. The van der Waals surface area contributed by atoms with Gasteiger partial charge in [0, 0.05) is 28.1 Å². The number of hydrogen-bond donors (Lipinski definition) is 1. The molecule has 10 heteroatoms. The summed E-state index contributed by atoms with van der Waals surface area (Å²) in [7, 11) is 1.91. The number of carbonyl (C=O) groups excluding carboxylic acids is 1. The third-order valence-corrected chi connectivity index (χ3v) is 6.40. The first-order valence-corrected chi connectivity index (χ1v) is 10.4. The van der Waals surface area contributed by atoms with Crippen molar-refractivity contribution in [2.24, 2.45) is 7.05 Å². The van der Waals surface area contributed by atoms with Crippen molar-refractivity contribution >= 4 is 55.6 Å². The zero-order valence-electron chi connectivity index (χ0n) is 14.0. The second-order valence-corrected chi connectivity index (χ2v) is 8.51. The van der Waals surface area contributed by atoms with Gasteiger partial charge >= 0.3 is 0 Å². The Balaban J connectivity index is 1.48. The Labute approximate surface area is 161 Å². The summed E-state index contributed by atoms with van der Waals surface area (Å²) in [6, 6.07) is 8.22. The number of benzene rings is 1. The van der Waals surface area contributed by atoms with Crippen LogP contribution >= 0.6 is 34.4 Å². The van der Waals surface area contributed by atoms with Crippen molar-refractivity contribution < 1.29 is 4.79 Å². The maximum absolute atomic E-state index is 12.1. The van der Waals surface area contributed by atoms with Gasteiger partial charge in [-0.15, -0.1) is 31.7 Å². The Morgan fingerprint density at radius 1 is 1.23 bits per heavy atom. The largest absolute Gasteiger partial charge is 0.305 e. The highest BCUT2D eigenvalue weighted by molar-refractivity contribution is 7.99. The summed E-state index contributed by atoms with van der Waals surface area (Å²) in [5.41, 5.74) is 1.06. The molecule has 0 saturated carbocycles. The number of fused-ring (bicyclic) bond motifs is 1. The van der Waals surface area contributed by atoms with E-state index in [0.717, 1.165) is 21.8 Å². The highest BCUT2D eigenvalue weighted by Crippen LogP contribution is 2.33.